The molecule has 1 aromatic rings. The summed E-state index contributed by atoms with van der Waals surface area (Å²) < 4.78 is 5.61. The Balaban J connectivity index is 2.64. The molecular weight excluding hydrogens is 254 g/mol. The van der Waals surface area contributed by atoms with Crippen LogP contribution in [0.1, 0.15) is 31.9 Å². The van der Waals surface area contributed by atoms with Crippen molar-refractivity contribution in [2.24, 2.45) is 5.92 Å². The zero-order valence-electron chi connectivity index (χ0n) is 13.0. The van der Waals surface area contributed by atoms with Crippen LogP contribution in [0.3, 0.4) is 0 Å². The number of rotatable bonds is 6. The second-order valence-electron chi connectivity index (χ2n) is 5.79. The molecule has 0 spiro atoms. The number of carbonyl (C=O) groups is 1. The lowest BCUT2D eigenvalue weighted by atomic mass is 9.89. The van der Waals surface area contributed by atoms with E-state index in [1.807, 2.05) is 52.8 Å². The molecule has 0 saturated heterocycles. The average Bonchev–Trinajstić information content (AvgIpc) is 2.37. The second kappa shape index (κ2) is 6.75. The van der Waals surface area contributed by atoms with E-state index in [2.05, 4.69) is 5.32 Å². The van der Waals surface area contributed by atoms with Gasteiger partial charge in [0.05, 0.1) is 12.1 Å². The maximum absolute atomic E-state index is 12.0. The molecule has 1 unspecified atom stereocenters. The molecule has 112 valence electrons. The number of hydrogen-bond acceptors (Lipinski definition) is 3. The summed E-state index contributed by atoms with van der Waals surface area (Å²) in [6.45, 7) is 9.51. The molecule has 0 aliphatic heterocycles. The number of aliphatic hydroxyl groups excluding tert-OH is 1. The number of ether oxygens (including phenoxy) is 1. The summed E-state index contributed by atoms with van der Waals surface area (Å²) in [7, 11) is 0. The molecule has 0 heterocycles. The van der Waals surface area contributed by atoms with Gasteiger partial charge in [0, 0.05) is 0 Å². The van der Waals surface area contributed by atoms with Crippen molar-refractivity contribution in [1.29, 1.82) is 0 Å². The Morgan fingerprint density at radius 1 is 1.35 bits per heavy atom. The number of amides is 1. The van der Waals surface area contributed by atoms with Crippen molar-refractivity contribution in [3.63, 3.8) is 0 Å². The van der Waals surface area contributed by atoms with E-state index in [4.69, 9.17) is 4.74 Å². The van der Waals surface area contributed by atoms with Gasteiger partial charge in [0.15, 0.2) is 6.61 Å². The quantitative estimate of drug-likeness (QED) is 0.839. The fraction of sp³-hybridized carbons (Fsp3) is 0.562. The molecule has 0 aliphatic rings. The molecule has 1 rings (SSSR count). The van der Waals surface area contributed by atoms with Crippen molar-refractivity contribution in [3.05, 3.63) is 29.3 Å². The molecule has 0 aliphatic carbocycles. The molecular formula is C16H25NO3. The Morgan fingerprint density at radius 3 is 2.35 bits per heavy atom. The first-order valence-electron chi connectivity index (χ1n) is 6.91. The van der Waals surface area contributed by atoms with Crippen LogP contribution in [0.25, 0.3) is 0 Å². The van der Waals surface area contributed by atoms with Crippen LogP contribution in [0.5, 0.6) is 5.75 Å². The van der Waals surface area contributed by atoms with Crippen molar-refractivity contribution in [2.75, 3.05) is 13.2 Å². The average molecular weight is 279 g/mol. The molecule has 0 fully saturated rings. The van der Waals surface area contributed by atoms with Gasteiger partial charge in [-0.3, -0.25) is 4.79 Å². The summed E-state index contributed by atoms with van der Waals surface area (Å²) in [4.78, 5) is 12.0. The van der Waals surface area contributed by atoms with E-state index in [0.717, 1.165) is 16.9 Å². The number of carbonyl (C=O) groups excluding carboxylic acids is 1. The first-order valence-corrected chi connectivity index (χ1v) is 6.91. The van der Waals surface area contributed by atoms with Crippen LogP contribution in [-0.2, 0) is 4.79 Å². The third-order valence-corrected chi connectivity index (χ3v) is 3.78. The second-order valence-corrected chi connectivity index (χ2v) is 5.79. The molecule has 20 heavy (non-hydrogen) atoms. The Morgan fingerprint density at radius 2 is 1.90 bits per heavy atom. The van der Waals surface area contributed by atoms with Crippen LogP contribution in [0.2, 0.25) is 0 Å². The summed E-state index contributed by atoms with van der Waals surface area (Å²) in [5, 5.41) is 12.3. The van der Waals surface area contributed by atoms with Crippen LogP contribution in [-0.4, -0.2) is 29.8 Å². The molecule has 1 atom stereocenters. The molecule has 0 aromatic heterocycles. The fourth-order valence-electron chi connectivity index (χ4n) is 1.89. The standard InChI is InChI=1S/C16H25NO3/c1-11(2)16(5,10-18)17-14(19)9-20-15-12(3)7-6-8-13(15)4/h6-8,11,18H,9-10H2,1-5H3,(H,17,19). The Bertz CT molecular complexity index is 451. The summed E-state index contributed by atoms with van der Waals surface area (Å²) in [5.41, 5.74) is 1.39. The van der Waals surface area contributed by atoms with Gasteiger partial charge in [-0.15, -0.1) is 0 Å². The lowest BCUT2D eigenvalue weighted by molar-refractivity contribution is -0.126. The largest absolute Gasteiger partial charge is 0.483 e. The number of benzene rings is 1. The van der Waals surface area contributed by atoms with Gasteiger partial charge in [-0.05, 0) is 37.8 Å². The first kappa shape index (κ1) is 16.5. The summed E-state index contributed by atoms with van der Waals surface area (Å²) >= 11 is 0. The Kier molecular flexibility index (Phi) is 5.57. The predicted molar refractivity (Wildman–Crippen MR) is 79.9 cm³/mol. The lowest BCUT2D eigenvalue weighted by Gasteiger charge is -2.32. The zero-order valence-corrected chi connectivity index (χ0v) is 13.0. The number of aryl methyl sites for hydroxylation is 2. The SMILES string of the molecule is Cc1cccc(C)c1OCC(=O)NC(C)(CO)C(C)C. The van der Waals surface area contributed by atoms with Gasteiger partial charge < -0.3 is 15.2 Å². The topological polar surface area (TPSA) is 58.6 Å². The predicted octanol–water partition coefficient (Wildman–Crippen LogP) is 2.21. The molecule has 0 radical (unpaired) electrons. The number of para-hydroxylation sites is 1. The minimum absolute atomic E-state index is 0.0476. The summed E-state index contributed by atoms with van der Waals surface area (Å²) in [6, 6.07) is 5.86. The highest BCUT2D eigenvalue weighted by Gasteiger charge is 2.29. The smallest absolute Gasteiger partial charge is 0.258 e. The van der Waals surface area contributed by atoms with Gasteiger partial charge in [0.1, 0.15) is 5.75 Å². The summed E-state index contributed by atoms with van der Waals surface area (Å²) in [5.74, 6) is 0.660. The van der Waals surface area contributed by atoms with E-state index in [1.165, 1.54) is 0 Å². The number of hydrogen-bond donors (Lipinski definition) is 2. The third-order valence-electron chi connectivity index (χ3n) is 3.78. The van der Waals surface area contributed by atoms with Gasteiger partial charge in [-0.25, -0.2) is 0 Å². The zero-order chi connectivity index (χ0) is 15.3. The molecule has 1 amide bonds. The Hall–Kier alpha value is -1.55. The highest BCUT2D eigenvalue weighted by Crippen LogP contribution is 2.22. The number of aliphatic hydroxyl groups is 1. The van der Waals surface area contributed by atoms with Gasteiger partial charge >= 0.3 is 0 Å². The van der Waals surface area contributed by atoms with Crippen LogP contribution >= 0.6 is 0 Å². The van der Waals surface area contributed by atoms with Crippen molar-refractivity contribution < 1.29 is 14.6 Å². The van der Waals surface area contributed by atoms with E-state index in [-0.39, 0.29) is 25.0 Å². The van der Waals surface area contributed by atoms with E-state index in [0.29, 0.717) is 0 Å². The van der Waals surface area contributed by atoms with Crippen molar-refractivity contribution >= 4 is 5.91 Å². The highest BCUT2D eigenvalue weighted by atomic mass is 16.5. The molecule has 2 N–H and O–H groups in total. The minimum atomic E-state index is -0.624. The molecule has 4 nitrogen and oxygen atoms in total. The van der Waals surface area contributed by atoms with Gasteiger partial charge in [-0.1, -0.05) is 32.0 Å². The van der Waals surface area contributed by atoms with Crippen LogP contribution in [0, 0.1) is 19.8 Å². The van der Waals surface area contributed by atoms with Gasteiger partial charge in [0.25, 0.3) is 5.91 Å². The first-order chi connectivity index (χ1) is 9.30. The van der Waals surface area contributed by atoms with E-state index in [1.54, 1.807) is 0 Å². The molecule has 1 aromatic carbocycles. The molecule has 4 heteroatoms. The van der Waals surface area contributed by atoms with Crippen molar-refractivity contribution in [2.45, 2.75) is 40.2 Å². The maximum Gasteiger partial charge on any atom is 0.258 e. The van der Waals surface area contributed by atoms with Crippen molar-refractivity contribution in [3.8, 4) is 5.75 Å². The van der Waals surface area contributed by atoms with Gasteiger partial charge in [-0.2, -0.15) is 0 Å². The Labute approximate surface area is 121 Å². The fourth-order valence-corrected chi connectivity index (χ4v) is 1.89. The van der Waals surface area contributed by atoms with Crippen LogP contribution < -0.4 is 10.1 Å². The van der Waals surface area contributed by atoms with Crippen molar-refractivity contribution in [1.82, 2.24) is 5.32 Å². The maximum atomic E-state index is 12.0. The van der Waals surface area contributed by atoms with Gasteiger partial charge in [0.2, 0.25) is 0 Å². The number of nitrogens with one attached hydrogen (secondary N) is 1. The lowest BCUT2D eigenvalue weighted by Crippen LogP contribution is -2.54. The third kappa shape index (κ3) is 3.97. The molecule has 0 bridgehead atoms. The van der Waals surface area contributed by atoms with Crippen LogP contribution in [0.15, 0.2) is 18.2 Å². The summed E-state index contributed by atoms with van der Waals surface area (Å²) in [6.07, 6.45) is 0. The van der Waals surface area contributed by atoms with E-state index >= 15 is 0 Å². The highest BCUT2D eigenvalue weighted by molar-refractivity contribution is 5.78. The van der Waals surface area contributed by atoms with E-state index in [9.17, 15) is 9.90 Å². The minimum Gasteiger partial charge on any atom is -0.483 e. The molecule has 0 saturated carbocycles. The normalized spacial score (nSPS) is 13.9. The van der Waals surface area contributed by atoms with E-state index < -0.39 is 5.54 Å². The van der Waals surface area contributed by atoms with Crippen LogP contribution in [0.4, 0.5) is 0 Å². The monoisotopic (exact) mass is 279 g/mol.